The Morgan fingerprint density at radius 3 is 2.44 bits per heavy atom. The molecule has 2 aromatic heterocycles. The first-order valence-electron chi connectivity index (χ1n) is 10.2. The largest absolute Gasteiger partial charge is 0.326 e. The Balaban J connectivity index is 1.49. The highest BCUT2D eigenvalue weighted by molar-refractivity contribution is 7.89. The minimum atomic E-state index is -3.50. The molecule has 0 saturated carbocycles. The maximum absolute atomic E-state index is 12.5. The number of hydrogen-bond donors (Lipinski definition) is 1. The van der Waals surface area contributed by atoms with E-state index in [-0.39, 0.29) is 17.2 Å². The molecule has 1 amide bonds. The lowest BCUT2D eigenvalue weighted by Gasteiger charge is -2.13. The van der Waals surface area contributed by atoms with E-state index in [9.17, 15) is 13.2 Å². The zero-order valence-corrected chi connectivity index (χ0v) is 19.3. The zero-order chi connectivity index (χ0) is 23.0. The van der Waals surface area contributed by atoms with Crippen molar-refractivity contribution in [3.63, 3.8) is 0 Å². The molecule has 8 nitrogen and oxygen atoms in total. The normalized spacial score (nSPS) is 12.0. The van der Waals surface area contributed by atoms with Crippen LogP contribution >= 0.6 is 0 Å². The van der Waals surface area contributed by atoms with Gasteiger partial charge in [0, 0.05) is 43.0 Å². The third-order valence-electron chi connectivity index (χ3n) is 5.54. The van der Waals surface area contributed by atoms with E-state index < -0.39 is 10.0 Å². The summed E-state index contributed by atoms with van der Waals surface area (Å²) in [5.41, 5.74) is 5.09. The van der Waals surface area contributed by atoms with E-state index in [1.807, 2.05) is 42.6 Å². The molecule has 0 fully saturated rings. The van der Waals surface area contributed by atoms with Crippen LogP contribution in [0.1, 0.15) is 23.4 Å². The zero-order valence-electron chi connectivity index (χ0n) is 18.5. The van der Waals surface area contributed by atoms with Crippen LogP contribution in [0, 0.1) is 13.8 Å². The summed E-state index contributed by atoms with van der Waals surface area (Å²) in [6, 6.07) is 14.0. The summed E-state index contributed by atoms with van der Waals surface area (Å²) in [6.45, 7) is 3.94. The third kappa shape index (κ3) is 3.96. The Hall–Kier alpha value is -3.30. The number of aryl methyl sites for hydroxylation is 2. The first-order valence-corrected chi connectivity index (χ1v) is 11.7. The second kappa shape index (κ2) is 8.33. The second-order valence-corrected chi connectivity index (χ2v) is 10.0. The van der Waals surface area contributed by atoms with Gasteiger partial charge in [-0.05, 0) is 62.2 Å². The molecule has 9 heteroatoms. The molecule has 0 aliphatic heterocycles. The Kier molecular flexibility index (Phi) is 5.70. The molecule has 0 unspecified atom stereocenters. The number of benzene rings is 2. The lowest BCUT2D eigenvalue weighted by atomic mass is 10.1. The van der Waals surface area contributed by atoms with Crippen molar-refractivity contribution in [3.05, 3.63) is 65.5 Å². The molecule has 4 aromatic rings. The van der Waals surface area contributed by atoms with Gasteiger partial charge in [-0.2, -0.15) is 5.10 Å². The van der Waals surface area contributed by atoms with Crippen molar-refractivity contribution in [2.45, 2.75) is 31.6 Å². The van der Waals surface area contributed by atoms with E-state index in [2.05, 4.69) is 10.4 Å². The molecule has 2 aromatic carbocycles. The maximum Gasteiger partial charge on any atom is 0.242 e. The lowest BCUT2D eigenvalue weighted by Crippen LogP contribution is -2.22. The van der Waals surface area contributed by atoms with E-state index in [1.54, 1.807) is 12.1 Å². The highest BCUT2D eigenvalue weighted by atomic mass is 32.2. The van der Waals surface area contributed by atoms with Gasteiger partial charge in [0.05, 0.1) is 10.4 Å². The second-order valence-electron chi connectivity index (χ2n) is 7.87. The fourth-order valence-electron chi connectivity index (χ4n) is 3.72. The van der Waals surface area contributed by atoms with Crippen molar-refractivity contribution in [2.75, 3.05) is 19.4 Å². The predicted octanol–water partition coefficient (Wildman–Crippen LogP) is 3.32. The van der Waals surface area contributed by atoms with Gasteiger partial charge in [-0.25, -0.2) is 22.2 Å². The van der Waals surface area contributed by atoms with Gasteiger partial charge in [-0.3, -0.25) is 4.79 Å². The molecule has 1 N–H and O–H groups in total. The van der Waals surface area contributed by atoms with Crippen molar-refractivity contribution in [1.29, 1.82) is 0 Å². The molecular formula is C23H25N5O3S. The quantitative estimate of drug-likeness (QED) is 0.485. The van der Waals surface area contributed by atoms with E-state index in [1.165, 1.54) is 26.2 Å². The van der Waals surface area contributed by atoms with Crippen LogP contribution in [0.2, 0.25) is 0 Å². The number of nitrogens with one attached hydrogen (secondary N) is 1. The monoisotopic (exact) mass is 451 g/mol. The van der Waals surface area contributed by atoms with Crippen molar-refractivity contribution in [2.24, 2.45) is 0 Å². The van der Waals surface area contributed by atoms with Crippen LogP contribution in [0.15, 0.2) is 53.4 Å². The number of fused-ring (bicyclic) bond motifs is 3. The molecule has 4 rings (SSSR count). The molecule has 166 valence electrons. The average molecular weight is 452 g/mol. The van der Waals surface area contributed by atoms with Gasteiger partial charge in [0.2, 0.25) is 15.9 Å². The summed E-state index contributed by atoms with van der Waals surface area (Å²) in [5, 5.41) is 8.48. The number of carbonyl (C=O) groups excluding carboxylic acids is 1. The minimum absolute atomic E-state index is 0.155. The predicted molar refractivity (Wildman–Crippen MR) is 124 cm³/mol. The van der Waals surface area contributed by atoms with Gasteiger partial charge in [0.1, 0.15) is 0 Å². The van der Waals surface area contributed by atoms with Gasteiger partial charge < -0.3 is 5.32 Å². The van der Waals surface area contributed by atoms with Crippen LogP contribution in [0.4, 0.5) is 5.69 Å². The van der Waals surface area contributed by atoms with Crippen LogP contribution in [-0.4, -0.2) is 47.3 Å². The molecule has 0 radical (unpaired) electrons. The van der Waals surface area contributed by atoms with E-state index >= 15 is 0 Å². The molecule has 0 atom stereocenters. The van der Waals surface area contributed by atoms with E-state index in [0.717, 1.165) is 37.8 Å². The van der Waals surface area contributed by atoms with Crippen molar-refractivity contribution in [3.8, 4) is 0 Å². The number of carbonyl (C=O) groups is 1. The summed E-state index contributed by atoms with van der Waals surface area (Å²) < 4.78 is 27.3. The van der Waals surface area contributed by atoms with Crippen LogP contribution in [-0.2, 0) is 21.2 Å². The summed E-state index contributed by atoms with van der Waals surface area (Å²) in [7, 11) is -0.542. The summed E-state index contributed by atoms with van der Waals surface area (Å²) >= 11 is 0. The Morgan fingerprint density at radius 2 is 1.75 bits per heavy atom. The van der Waals surface area contributed by atoms with Gasteiger partial charge in [-0.1, -0.05) is 12.1 Å². The van der Waals surface area contributed by atoms with Crippen LogP contribution in [0.3, 0.4) is 0 Å². The number of aromatic nitrogens is 3. The average Bonchev–Trinajstić information content (AvgIpc) is 3.12. The number of anilines is 1. The summed E-state index contributed by atoms with van der Waals surface area (Å²) in [6.07, 6.45) is 0.795. The van der Waals surface area contributed by atoms with Crippen LogP contribution in [0.5, 0.6) is 0 Å². The van der Waals surface area contributed by atoms with Crippen LogP contribution < -0.4 is 5.32 Å². The maximum atomic E-state index is 12.5. The van der Waals surface area contributed by atoms with Crippen molar-refractivity contribution in [1.82, 2.24) is 18.9 Å². The van der Waals surface area contributed by atoms with Crippen LogP contribution in [0.25, 0.3) is 16.6 Å². The van der Waals surface area contributed by atoms with Gasteiger partial charge in [-0.15, -0.1) is 0 Å². The van der Waals surface area contributed by atoms with Gasteiger partial charge in [0.15, 0.2) is 5.65 Å². The number of sulfonamides is 1. The smallest absolute Gasteiger partial charge is 0.242 e. The molecule has 0 spiro atoms. The summed E-state index contributed by atoms with van der Waals surface area (Å²) in [5.74, 6) is -0.155. The topological polar surface area (TPSA) is 96.7 Å². The standard InChI is InChI=1S/C23H25N5O3S/c1-15-19(16(2)28-23(24-15)20-7-5-6-8-21(20)26-28)13-14-22(29)25-17-9-11-18(12-10-17)32(30,31)27(3)4/h5-12H,13-14H2,1-4H3,(H,25,29). The molecule has 0 aliphatic rings. The van der Waals surface area contributed by atoms with Crippen molar-refractivity contribution < 1.29 is 13.2 Å². The summed E-state index contributed by atoms with van der Waals surface area (Å²) in [4.78, 5) is 17.4. The van der Waals surface area contributed by atoms with E-state index in [0.29, 0.717) is 12.1 Å². The number of rotatable bonds is 6. The lowest BCUT2D eigenvalue weighted by molar-refractivity contribution is -0.116. The Labute approximate surface area is 186 Å². The Bertz CT molecular complexity index is 1420. The highest BCUT2D eigenvalue weighted by Gasteiger charge is 2.17. The highest BCUT2D eigenvalue weighted by Crippen LogP contribution is 2.23. The SMILES string of the molecule is Cc1nc2c3ccccc3nn2c(C)c1CCC(=O)Nc1ccc(S(=O)(=O)N(C)C)cc1. The Morgan fingerprint density at radius 1 is 1.06 bits per heavy atom. The van der Waals surface area contributed by atoms with Gasteiger partial charge in [0.25, 0.3) is 0 Å². The van der Waals surface area contributed by atoms with E-state index in [4.69, 9.17) is 4.98 Å². The minimum Gasteiger partial charge on any atom is -0.326 e. The first kappa shape index (κ1) is 21.9. The van der Waals surface area contributed by atoms with Gasteiger partial charge >= 0.3 is 0 Å². The third-order valence-corrected chi connectivity index (χ3v) is 7.37. The van der Waals surface area contributed by atoms with Crippen molar-refractivity contribution >= 4 is 38.2 Å². The number of hydrogen-bond acceptors (Lipinski definition) is 5. The molecule has 0 saturated heterocycles. The number of nitrogens with zero attached hydrogens (tertiary/aromatic N) is 4. The fraction of sp³-hybridized carbons (Fsp3) is 0.261. The molecule has 2 heterocycles. The molecule has 0 bridgehead atoms. The molecular weight excluding hydrogens is 426 g/mol. The number of amides is 1. The first-order chi connectivity index (χ1) is 15.2. The molecule has 0 aliphatic carbocycles. The molecule has 32 heavy (non-hydrogen) atoms. The fourth-order valence-corrected chi connectivity index (χ4v) is 4.62.